The molecule has 0 heterocycles. The van der Waals surface area contributed by atoms with Gasteiger partial charge in [0.1, 0.15) is 5.75 Å². The molecule has 2 aromatic carbocycles. The molecular weight excluding hydrogens is 250 g/mol. The van der Waals surface area contributed by atoms with Gasteiger partial charge in [-0.2, -0.15) is 0 Å². The largest absolute Gasteiger partial charge is 0.508 e. The van der Waals surface area contributed by atoms with Crippen LogP contribution in [0.1, 0.15) is 31.2 Å². The van der Waals surface area contributed by atoms with Crippen LogP contribution < -0.4 is 5.32 Å². The third kappa shape index (κ3) is 2.77. The van der Waals surface area contributed by atoms with E-state index in [4.69, 9.17) is 0 Å². The Labute approximate surface area is 118 Å². The van der Waals surface area contributed by atoms with Crippen LogP contribution in [0.3, 0.4) is 0 Å². The first-order chi connectivity index (χ1) is 9.72. The zero-order chi connectivity index (χ0) is 13.9. The number of carbonyl (C=O) groups excluding carboxylic acids is 1. The third-order valence-electron chi connectivity index (χ3n) is 4.05. The Hall–Kier alpha value is -2.03. The average Bonchev–Trinajstić information content (AvgIpc) is 2.40. The molecule has 0 unspecified atom stereocenters. The third-order valence-corrected chi connectivity index (χ3v) is 4.05. The van der Waals surface area contributed by atoms with Gasteiger partial charge in [0, 0.05) is 12.5 Å². The van der Waals surface area contributed by atoms with E-state index >= 15 is 0 Å². The van der Waals surface area contributed by atoms with Gasteiger partial charge < -0.3 is 10.4 Å². The highest BCUT2D eigenvalue weighted by Gasteiger charge is 2.19. The summed E-state index contributed by atoms with van der Waals surface area (Å²) < 4.78 is 0. The van der Waals surface area contributed by atoms with Crippen LogP contribution in [-0.2, 0) is 11.2 Å². The van der Waals surface area contributed by atoms with Gasteiger partial charge in [-0.05, 0) is 54.2 Å². The quantitative estimate of drug-likeness (QED) is 0.895. The normalized spacial score (nSPS) is 15.0. The standard InChI is InChI=1S/C17H19NO2/c19-15-9-7-12-3-1-4-13(16(12)11-15)8-10-17(20)18-14-5-2-6-14/h1,3-4,7,9,11,14,19H,2,5-6,8,10H2,(H,18,20). The monoisotopic (exact) mass is 269 g/mol. The number of aryl methyl sites for hydroxylation is 1. The van der Waals surface area contributed by atoms with Crippen molar-refractivity contribution < 1.29 is 9.90 Å². The molecule has 104 valence electrons. The molecule has 3 nitrogen and oxygen atoms in total. The number of rotatable bonds is 4. The molecule has 1 aliphatic rings. The number of amides is 1. The molecule has 1 fully saturated rings. The van der Waals surface area contributed by atoms with Crippen LogP contribution in [0.5, 0.6) is 5.75 Å². The maximum absolute atomic E-state index is 11.9. The minimum atomic E-state index is 0.131. The van der Waals surface area contributed by atoms with Gasteiger partial charge in [0.05, 0.1) is 0 Å². The van der Waals surface area contributed by atoms with Gasteiger partial charge in [-0.1, -0.05) is 24.3 Å². The molecule has 1 aliphatic carbocycles. The van der Waals surface area contributed by atoms with Gasteiger partial charge in [-0.3, -0.25) is 4.79 Å². The van der Waals surface area contributed by atoms with Crippen LogP contribution in [0.25, 0.3) is 10.8 Å². The zero-order valence-corrected chi connectivity index (χ0v) is 11.4. The van der Waals surface area contributed by atoms with Crippen LogP contribution in [0.4, 0.5) is 0 Å². The van der Waals surface area contributed by atoms with Gasteiger partial charge in [0.25, 0.3) is 0 Å². The average molecular weight is 269 g/mol. The predicted molar refractivity (Wildman–Crippen MR) is 79.7 cm³/mol. The fraction of sp³-hybridized carbons (Fsp3) is 0.353. The summed E-state index contributed by atoms with van der Waals surface area (Å²) in [5.74, 6) is 0.399. The van der Waals surface area contributed by atoms with E-state index in [9.17, 15) is 9.90 Å². The second kappa shape index (κ2) is 5.53. The summed E-state index contributed by atoms with van der Waals surface area (Å²) in [7, 11) is 0. The maximum atomic E-state index is 11.9. The molecule has 0 aliphatic heterocycles. The maximum Gasteiger partial charge on any atom is 0.220 e. The van der Waals surface area contributed by atoms with E-state index in [0.717, 1.165) is 29.2 Å². The molecular formula is C17H19NO2. The van der Waals surface area contributed by atoms with Crippen LogP contribution in [-0.4, -0.2) is 17.1 Å². The topological polar surface area (TPSA) is 49.3 Å². The molecule has 0 spiro atoms. The number of aromatic hydroxyl groups is 1. The van der Waals surface area contributed by atoms with Crippen molar-refractivity contribution in [1.82, 2.24) is 5.32 Å². The number of fused-ring (bicyclic) bond motifs is 1. The number of hydrogen-bond donors (Lipinski definition) is 2. The molecule has 0 bridgehead atoms. The van der Waals surface area contributed by atoms with Crippen LogP contribution in [0, 0.1) is 0 Å². The van der Waals surface area contributed by atoms with E-state index in [-0.39, 0.29) is 11.7 Å². The summed E-state index contributed by atoms with van der Waals surface area (Å²) in [5, 5.41) is 14.8. The molecule has 0 radical (unpaired) electrons. The van der Waals surface area contributed by atoms with Gasteiger partial charge in [-0.15, -0.1) is 0 Å². The number of phenols is 1. The van der Waals surface area contributed by atoms with E-state index in [1.165, 1.54) is 6.42 Å². The lowest BCUT2D eigenvalue weighted by atomic mass is 9.93. The Balaban J connectivity index is 1.70. The molecule has 0 aromatic heterocycles. The molecule has 3 heteroatoms. The van der Waals surface area contributed by atoms with Crippen molar-refractivity contribution in [2.45, 2.75) is 38.1 Å². The molecule has 0 atom stereocenters. The summed E-state index contributed by atoms with van der Waals surface area (Å²) in [6.07, 6.45) is 4.68. The summed E-state index contributed by atoms with van der Waals surface area (Å²) in [6.45, 7) is 0. The highest BCUT2D eigenvalue weighted by atomic mass is 16.3. The van der Waals surface area contributed by atoms with Gasteiger partial charge in [0.2, 0.25) is 5.91 Å². The lowest BCUT2D eigenvalue weighted by Crippen LogP contribution is -2.39. The molecule has 1 amide bonds. The number of benzene rings is 2. The van der Waals surface area contributed by atoms with Crippen molar-refractivity contribution in [3.05, 3.63) is 42.0 Å². The van der Waals surface area contributed by atoms with Gasteiger partial charge in [0.15, 0.2) is 0 Å². The highest BCUT2D eigenvalue weighted by Crippen LogP contribution is 2.24. The molecule has 20 heavy (non-hydrogen) atoms. The Morgan fingerprint density at radius 1 is 1.25 bits per heavy atom. The summed E-state index contributed by atoms with van der Waals surface area (Å²) in [6, 6.07) is 11.8. The van der Waals surface area contributed by atoms with E-state index in [2.05, 4.69) is 5.32 Å². The van der Waals surface area contributed by atoms with Crippen molar-refractivity contribution in [3.8, 4) is 5.75 Å². The minimum Gasteiger partial charge on any atom is -0.508 e. The zero-order valence-electron chi connectivity index (χ0n) is 11.4. The second-order valence-corrected chi connectivity index (χ2v) is 5.52. The second-order valence-electron chi connectivity index (χ2n) is 5.52. The van der Waals surface area contributed by atoms with E-state index < -0.39 is 0 Å². The first-order valence-corrected chi connectivity index (χ1v) is 7.22. The molecule has 0 saturated heterocycles. The van der Waals surface area contributed by atoms with Crippen molar-refractivity contribution in [3.63, 3.8) is 0 Å². The number of phenolic OH excluding ortho intramolecular Hbond substituents is 1. The lowest BCUT2D eigenvalue weighted by Gasteiger charge is -2.26. The highest BCUT2D eigenvalue weighted by molar-refractivity contribution is 5.87. The molecule has 2 N–H and O–H groups in total. The van der Waals surface area contributed by atoms with Gasteiger partial charge in [-0.25, -0.2) is 0 Å². The van der Waals surface area contributed by atoms with Crippen molar-refractivity contribution in [1.29, 1.82) is 0 Å². The van der Waals surface area contributed by atoms with Gasteiger partial charge >= 0.3 is 0 Å². The van der Waals surface area contributed by atoms with E-state index in [1.54, 1.807) is 12.1 Å². The van der Waals surface area contributed by atoms with Crippen LogP contribution in [0.2, 0.25) is 0 Å². The fourth-order valence-corrected chi connectivity index (χ4v) is 2.64. The smallest absolute Gasteiger partial charge is 0.220 e. The summed E-state index contributed by atoms with van der Waals surface area (Å²) in [4.78, 5) is 11.9. The number of hydrogen-bond acceptors (Lipinski definition) is 2. The Bertz CT molecular complexity index is 632. The van der Waals surface area contributed by atoms with E-state index in [1.807, 2.05) is 24.3 Å². The number of nitrogens with one attached hydrogen (secondary N) is 1. The first kappa shape index (κ1) is 13.0. The summed E-state index contributed by atoms with van der Waals surface area (Å²) in [5.41, 5.74) is 1.11. The van der Waals surface area contributed by atoms with Crippen molar-refractivity contribution in [2.75, 3.05) is 0 Å². The minimum absolute atomic E-state index is 0.131. The van der Waals surface area contributed by atoms with Crippen molar-refractivity contribution >= 4 is 16.7 Å². The number of carbonyl (C=O) groups is 1. The Morgan fingerprint density at radius 2 is 2.10 bits per heavy atom. The Morgan fingerprint density at radius 3 is 2.85 bits per heavy atom. The first-order valence-electron chi connectivity index (χ1n) is 7.22. The molecule has 1 saturated carbocycles. The van der Waals surface area contributed by atoms with Crippen LogP contribution >= 0.6 is 0 Å². The fourth-order valence-electron chi connectivity index (χ4n) is 2.64. The predicted octanol–water partition coefficient (Wildman–Crippen LogP) is 3.15. The lowest BCUT2D eigenvalue weighted by molar-refractivity contribution is -0.122. The molecule has 3 rings (SSSR count). The summed E-state index contributed by atoms with van der Waals surface area (Å²) >= 11 is 0. The van der Waals surface area contributed by atoms with E-state index in [0.29, 0.717) is 18.9 Å². The SMILES string of the molecule is O=C(CCc1cccc2ccc(O)cc12)NC1CCC1. The van der Waals surface area contributed by atoms with Crippen LogP contribution in [0.15, 0.2) is 36.4 Å². The molecule has 2 aromatic rings. The Kier molecular flexibility index (Phi) is 3.59. The van der Waals surface area contributed by atoms with Crippen molar-refractivity contribution in [2.24, 2.45) is 0 Å².